The molecule has 9 heteroatoms. The highest BCUT2D eigenvalue weighted by atomic mass is 32.1. The molecular weight excluding hydrogens is 488 g/mol. The molecule has 1 aliphatic rings. The molecule has 0 saturated carbocycles. The number of nitrogens with zero attached hydrogens (tertiary/aromatic N) is 2. The van der Waals surface area contributed by atoms with Crippen molar-refractivity contribution in [1.29, 1.82) is 0 Å². The Morgan fingerprint density at radius 3 is 2.22 bits per heavy atom. The predicted molar refractivity (Wildman–Crippen MR) is 143 cm³/mol. The summed E-state index contributed by atoms with van der Waals surface area (Å²) in [4.78, 5) is 44.1. The molecule has 0 bridgehead atoms. The Morgan fingerprint density at radius 1 is 0.973 bits per heavy atom. The summed E-state index contributed by atoms with van der Waals surface area (Å²) in [6, 6.07) is 14.5. The van der Waals surface area contributed by atoms with Gasteiger partial charge in [0.05, 0.1) is 11.1 Å². The van der Waals surface area contributed by atoms with E-state index in [9.17, 15) is 14.4 Å². The lowest BCUT2D eigenvalue weighted by Crippen LogP contribution is -2.41. The molecule has 1 saturated heterocycles. The van der Waals surface area contributed by atoms with E-state index in [0.717, 1.165) is 35.6 Å². The molecule has 1 aromatic heterocycles. The molecule has 0 atom stereocenters. The van der Waals surface area contributed by atoms with Crippen LogP contribution in [0.15, 0.2) is 53.9 Å². The number of hydrogen-bond donors (Lipinski definition) is 2. The summed E-state index contributed by atoms with van der Waals surface area (Å²) in [6.45, 7) is 7.23. The van der Waals surface area contributed by atoms with Crippen molar-refractivity contribution in [2.75, 3.05) is 13.1 Å². The number of amides is 3. The highest BCUT2D eigenvalue weighted by Crippen LogP contribution is 2.31. The monoisotopic (exact) mass is 520 g/mol. The highest BCUT2D eigenvalue weighted by Gasteiger charge is 2.27. The van der Waals surface area contributed by atoms with Gasteiger partial charge in [-0.1, -0.05) is 19.1 Å². The van der Waals surface area contributed by atoms with Gasteiger partial charge in [0.2, 0.25) is 0 Å². The summed E-state index contributed by atoms with van der Waals surface area (Å²) < 4.78 is 5.65. The number of nitrogens with one attached hydrogen (secondary N) is 2. The van der Waals surface area contributed by atoms with Gasteiger partial charge in [0.15, 0.2) is 0 Å². The second-order valence-electron chi connectivity index (χ2n) is 9.29. The van der Waals surface area contributed by atoms with Crippen LogP contribution in [-0.4, -0.2) is 46.8 Å². The maximum absolute atomic E-state index is 12.9. The van der Waals surface area contributed by atoms with Crippen molar-refractivity contribution in [1.82, 2.24) is 20.7 Å². The largest absolute Gasteiger partial charge is 0.491 e. The van der Waals surface area contributed by atoms with Crippen LogP contribution in [-0.2, 0) is 6.42 Å². The molecule has 2 aromatic carbocycles. The minimum atomic E-state index is -0.460. The number of hydrazine groups is 1. The number of aryl methyl sites for hydroxylation is 1. The number of ether oxygens (including phenoxy) is 1. The summed E-state index contributed by atoms with van der Waals surface area (Å²) in [6.07, 6.45) is 2.53. The van der Waals surface area contributed by atoms with Crippen molar-refractivity contribution in [2.45, 2.75) is 52.1 Å². The van der Waals surface area contributed by atoms with E-state index in [-0.39, 0.29) is 29.5 Å². The predicted octanol–water partition coefficient (Wildman–Crippen LogP) is 4.59. The van der Waals surface area contributed by atoms with Crippen LogP contribution < -0.4 is 15.6 Å². The maximum atomic E-state index is 12.9. The molecule has 3 aromatic rings. The molecule has 4 rings (SSSR count). The van der Waals surface area contributed by atoms with Gasteiger partial charge in [0.1, 0.15) is 11.4 Å². The summed E-state index contributed by atoms with van der Waals surface area (Å²) in [7, 11) is 0. The fourth-order valence-corrected chi connectivity index (χ4v) is 5.15. The van der Waals surface area contributed by atoms with E-state index in [2.05, 4.69) is 15.8 Å². The number of piperidine rings is 1. The van der Waals surface area contributed by atoms with Crippen LogP contribution in [0.1, 0.15) is 81.3 Å². The van der Waals surface area contributed by atoms with Gasteiger partial charge in [-0.25, -0.2) is 4.98 Å². The van der Waals surface area contributed by atoms with E-state index in [1.165, 1.54) is 11.3 Å². The lowest BCUT2D eigenvalue weighted by Gasteiger charge is -2.31. The zero-order valence-electron chi connectivity index (χ0n) is 21.3. The Balaban J connectivity index is 1.26. The van der Waals surface area contributed by atoms with E-state index in [0.29, 0.717) is 24.2 Å². The average Bonchev–Trinajstić information content (AvgIpc) is 3.42. The van der Waals surface area contributed by atoms with Gasteiger partial charge in [-0.05, 0) is 75.1 Å². The molecule has 0 radical (unpaired) electrons. The van der Waals surface area contributed by atoms with Crippen LogP contribution in [0, 0.1) is 0 Å². The van der Waals surface area contributed by atoms with E-state index in [1.54, 1.807) is 29.6 Å². The standard InChI is InChI=1S/C28H32N4O4S/c1-4-19-5-7-20(8-6-19)25(33)30-31-26(34)24-17-37-27(29-24)21-13-15-32(16-14-21)28(35)22-9-11-23(12-10-22)36-18(2)3/h5-12,17-18,21H,4,13-16H2,1-3H3,(H,30,33)(H,31,34). The second-order valence-corrected chi connectivity index (χ2v) is 10.2. The van der Waals surface area contributed by atoms with Crippen molar-refractivity contribution in [2.24, 2.45) is 0 Å². The van der Waals surface area contributed by atoms with Gasteiger partial charge >= 0.3 is 0 Å². The summed E-state index contributed by atoms with van der Waals surface area (Å²) in [5, 5.41) is 2.57. The Hall–Kier alpha value is -3.72. The minimum Gasteiger partial charge on any atom is -0.491 e. The van der Waals surface area contributed by atoms with E-state index < -0.39 is 5.91 Å². The third kappa shape index (κ3) is 6.74. The number of carbonyl (C=O) groups is 3. The first-order chi connectivity index (χ1) is 17.8. The summed E-state index contributed by atoms with van der Waals surface area (Å²) >= 11 is 1.43. The fourth-order valence-electron chi connectivity index (χ4n) is 4.18. The van der Waals surface area contributed by atoms with E-state index in [1.807, 2.05) is 49.9 Å². The first-order valence-corrected chi connectivity index (χ1v) is 13.4. The van der Waals surface area contributed by atoms with Gasteiger partial charge in [-0.2, -0.15) is 0 Å². The van der Waals surface area contributed by atoms with Gasteiger partial charge in [-0.3, -0.25) is 25.2 Å². The van der Waals surface area contributed by atoms with Crippen LogP contribution in [0.25, 0.3) is 0 Å². The van der Waals surface area contributed by atoms with Crippen molar-refractivity contribution in [3.05, 3.63) is 81.3 Å². The Kier molecular flexibility index (Phi) is 8.55. The average molecular weight is 521 g/mol. The molecule has 0 aliphatic carbocycles. The van der Waals surface area contributed by atoms with Crippen molar-refractivity contribution in [3.63, 3.8) is 0 Å². The van der Waals surface area contributed by atoms with Crippen LogP contribution >= 0.6 is 11.3 Å². The van der Waals surface area contributed by atoms with Crippen LogP contribution in [0.5, 0.6) is 5.75 Å². The molecule has 0 spiro atoms. The summed E-state index contributed by atoms with van der Waals surface area (Å²) in [5.41, 5.74) is 7.40. The number of likely N-dealkylation sites (tertiary alicyclic amines) is 1. The van der Waals surface area contributed by atoms with Crippen LogP contribution in [0.4, 0.5) is 0 Å². The molecule has 3 amide bonds. The number of benzene rings is 2. The SMILES string of the molecule is CCc1ccc(C(=O)NNC(=O)c2csc(C3CCN(C(=O)c4ccc(OC(C)C)cc4)CC3)n2)cc1. The number of thiazole rings is 1. The quantitative estimate of drug-likeness (QED) is 0.444. The minimum absolute atomic E-state index is 0.00817. The first kappa shape index (κ1) is 26.3. The highest BCUT2D eigenvalue weighted by molar-refractivity contribution is 7.09. The van der Waals surface area contributed by atoms with Gasteiger partial charge in [-0.15, -0.1) is 11.3 Å². The van der Waals surface area contributed by atoms with Crippen molar-refractivity contribution < 1.29 is 19.1 Å². The number of carbonyl (C=O) groups excluding carboxylic acids is 3. The molecule has 194 valence electrons. The first-order valence-electron chi connectivity index (χ1n) is 12.5. The third-order valence-corrected chi connectivity index (χ3v) is 7.28. The van der Waals surface area contributed by atoms with E-state index in [4.69, 9.17) is 4.74 Å². The van der Waals surface area contributed by atoms with E-state index >= 15 is 0 Å². The van der Waals surface area contributed by atoms with Crippen LogP contribution in [0.2, 0.25) is 0 Å². The second kappa shape index (κ2) is 12.0. The van der Waals surface area contributed by atoms with Gasteiger partial charge < -0.3 is 9.64 Å². The lowest BCUT2D eigenvalue weighted by atomic mass is 9.97. The van der Waals surface area contributed by atoms with Crippen molar-refractivity contribution in [3.8, 4) is 5.75 Å². The Bertz CT molecular complexity index is 1230. The van der Waals surface area contributed by atoms with Gasteiger partial charge in [0.25, 0.3) is 17.7 Å². The lowest BCUT2D eigenvalue weighted by molar-refractivity contribution is 0.0712. The normalized spacial score (nSPS) is 13.9. The molecule has 1 aliphatic heterocycles. The number of rotatable bonds is 7. The molecule has 2 heterocycles. The fraction of sp³-hybridized carbons (Fsp3) is 0.357. The molecule has 8 nitrogen and oxygen atoms in total. The number of aromatic nitrogens is 1. The Morgan fingerprint density at radius 2 is 1.59 bits per heavy atom. The molecule has 1 fully saturated rings. The molecule has 0 unspecified atom stereocenters. The number of hydrogen-bond acceptors (Lipinski definition) is 6. The van der Waals surface area contributed by atoms with Crippen molar-refractivity contribution >= 4 is 29.1 Å². The Labute approximate surface area is 221 Å². The van der Waals surface area contributed by atoms with Crippen LogP contribution in [0.3, 0.4) is 0 Å². The maximum Gasteiger partial charge on any atom is 0.289 e. The topological polar surface area (TPSA) is 101 Å². The molecule has 2 N–H and O–H groups in total. The molecular formula is C28H32N4O4S. The summed E-state index contributed by atoms with van der Waals surface area (Å²) in [5.74, 6) is 0.0982. The zero-order valence-corrected chi connectivity index (χ0v) is 22.1. The zero-order chi connectivity index (χ0) is 26.4. The smallest absolute Gasteiger partial charge is 0.289 e. The third-order valence-electron chi connectivity index (χ3n) is 6.27. The molecule has 37 heavy (non-hydrogen) atoms. The van der Waals surface area contributed by atoms with Gasteiger partial charge in [0, 0.05) is 35.5 Å².